The summed E-state index contributed by atoms with van der Waals surface area (Å²) in [6, 6.07) is 0. The third-order valence-corrected chi connectivity index (χ3v) is 12.8. The SMILES string of the molecule is CCCCCCCCCCCCCCCCCCCCCCCCC(=O)OC[C@@H](CO[C@@H]1O[C@H](CO[C@@H]2O[C@H](CO)[C@H](O)C(O)C2O)[C@H](O)C(O)C1O)OC(=O)CCCCCCCCC. The molecule has 11 atom stereocenters. The van der Waals surface area contributed by atoms with Crippen LogP contribution in [0.3, 0.4) is 0 Å². The fraction of sp³-hybridized carbons (Fsp3) is 0.960. The molecule has 2 heterocycles. The molecular weight excluding hydrogens is 841 g/mol. The third-order valence-electron chi connectivity index (χ3n) is 12.8. The van der Waals surface area contributed by atoms with Gasteiger partial charge < -0.3 is 64.2 Å². The Morgan fingerprint density at radius 2 is 0.785 bits per heavy atom. The van der Waals surface area contributed by atoms with Crippen molar-refractivity contribution in [2.75, 3.05) is 26.4 Å². The van der Waals surface area contributed by atoms with Crippen LogP contribution in [0.5, 0.6) is 0 Å². The molecule has 0 saturated carbocycles. The zero-order valence-corrected chi connectivity index (χ0v) is 40.5. The Hall–Kier alpha value is -1.50. The first-order valence-corrected chi connectivity index (χ1v) is 26.1. The van der Waals surface area contributed by atoms with E-state index in [9.17, 15) is 45.3 Å². The Labute approximate surface area is 391 Å². The quantitative estimate of drug-likeness (QED) is 0.0237. The van der Waals surface area contributed by atoms with Crippen molar-refractivity contribution in [2.24, 2.45) is 0 Å². The van der Waals surface area contributed by atoms with E-state index in [1.165, 1.54) is 122 Å². The lowest BCUT2D eigenvalue weighted by atomic mass is 9.98. The number of aliphatic hydroxyl groups excluding tert-OH is 7. The molecule has 0 amide bonds. The van der Waals surface area contributed by atoms with E-state index in [-0.39, 0.29) is 26.1 Å². The van der Waals surface area contributed by atoms with Crippen LogP contribution in [-0.2, 0) is 38.0 Å². The Kier molecular flexibility index (Phi) is 35.2. The van der Waals surface area contributed by atoms with E-state index < -0.39 is 92.7 Å². The maximum absolute atomic E-state index is 12.9. The van der Waals surface area contributed by atoms with Gasteiger partial charge in [0.05, 0.1) is 19.8 Å². The minimum atomic E-state index is -1.76. The fourth-order valence-electron chi connectivity index (χ4n) is 8.51. The van der Waals surface area contributed by atoms with Gasteiger partial charge in [0, 0.05) is 12.8 Å². The van der Waals surface area contributed by atoms with E-state index in [0.29, 0.717) is 12.8 Å². The predicted molar refractivity (Wildman–Crippen MR) is 248 cm³/mol. The van der Waals surface area contributed by atoms with E-state index >= 15 is 0 Å². The Morgan fingerprint density at radius 3 is 1.20 bits per heavy atom. The van der Waals surface area contributed by atoms with Gasteiger partial charge in [-0.25, -0.2) is 0 Å². The first-order chi connectivity index (χ1) is 31.5. The van der Waals surface area contributed by atoms with Crippen molar-refractivity contribution in [2.45, 2.75) is 280 Å². The van der Waals surface area contributed by atoms with Gasteiger partial charge >= 0.3 is 11.9 Å². The molecule has 0 aromatic rings. The number of carbonyl (C=O) groups excluding carboxylic acids is 2. The Bertz CT molecular complexity index is 1150. The van der Waals surface area contributed by atoms with Crippen molar-refractivity contribution in [3.05, 3.63) is 0 Å². The molecule has 2 aliphatic heterocycles. The standard InChI is InChI=1S/C50H94O15/c1-3-5-7-9-11-12-13-14-15-16-17-18-19-20-21-22-23-24-25-27-28-30-32-41(52)60-35-38(63-42(53)33-31-29-26-10-8-6-4-2)36-61-49-48(59)46(57)44(55)40(65-49)37-62-50-47(58)45(56)43(54)39(34-51)64-50/h38-40,43-51,54-59H,3-37H2,1-2H3/t38-,39+,40+,43-,44-,45?,46?,47?,48?,49+,50+/m0/s1. The summed E-state index contributed by atoms with van der Waals surface area (Å²) in [6.45, 7) is 2.56. The van der Waals surface area contributed by atoms with Crippen LogP contribution in [0.25, 0.3) is 0 Å². The highest BCUT2D eigenvalue weighted by Crippen LogP contribution is 2.27. The van der Waals surface area contributed by atoms with Gasteiger partial charge in [-0.05, 0) is 12.8 Å². The third kappa shape index (κ3) is 26.7. The molecule has 2 aliphatic rings. The van der Waals surface area contributed by atoms with E-state index in [0.717, 1.165) is 51.4 Å². The number of hydrogen-bond acceptors (Lipinski definition) is 15. The van der Waals surface area contributed by atoms with Crippen molar-refractivity contribution in [1.29, 1.82) is 0 Å². The molecule has 65 heavy (non-hydrogen) atoms. The first-order valence-electron chi connectivity index (χ1n) is 26.1. The predicted octanol–water partition coefficient (Wildman–Crippen LogP) is 7.22. The summed E-state index contributed by atoms with van der Waals surface area (Å²) in [5.41, 5.74) is 0. The largest absolute Gasteiger partial charge is 0.462 e. The number of aliphatic hydroxyl groups is 7. The minimum Gasteiger partial charge on any atom is -0.462 e. The lowest BCUT2D eigenvalue weighted by Crippen LogP contribution is -2.61. The van der Waals surface area contributed by atoms with Crippen LogP contribution in [0.2, 0.25) is 0 Å². The van der Waals surface area contributed by atoms with Crippen LogP contribution < -0.4 is 0 Å². The van der Waals surface area contributed by atoms with Gasteiger partial charge in [0.1, 0.15) is 55.4 Å². The molecule has 0 aromatic carbocycles. The normalized spacial score (nSPS) is 26.3. The molecule has 0 radical (unpaired) electrons. The fourth-order valence-corrected chi connectivity index (χ4v) is 8.51. The van der Waals surface area contributed by atoms with E-state index in [1.54, 1.807) is 0 Å². The van der Waals surface area contributed by atoms with Crippen LogP contribution in [0.15, 0.2) is 0 Å². The molecule has 0 bridgehead atoms. The molecule has 15 heteroatoms. The van der Waals surface area contributed by atoms with Crippen LogP contribution in [0.4, 0.5) is 0 Å². The zero-order valence-electron chi connectivity index (χ0n) is 40.5. The molecule has 2 saturated heterocycles. The topological polar surface area (TPSA) is 231 Å². The zero-order chi connectivity index (χ0) is 47.5. The Morgan fingerprint density at radius 1 is 0.431 bits per heavy atom. The van der Waals surface area contributed by atoms with Gasteiger partial charge in [-0.15, -0.1) is 0 Å². The maximum atomic E-state index is 12.9. The summed E-state index contributed by atoms with van der Waals surface area (Å²) in [4.78, 5) is 25.6. The van der Waals surface area contributed by atoms with Crippen molar-refractivity contribution in [3.8, 4) is 0 Å². The van der Waals surface area contributed by atoms with Crippen LogP contribution in [0, 0.1) is 0 Å². The number of carbonyl (C=O) groups is 2. The molecule has 2 rings (SSSR count). The highest BCUT2D eigenvalue weighted by atomic mass is 16.7. The highest BCUT2D eigenvalue weighted by molar-refractivity contribution is 5.70. The summed E-state index contributed by atoms with van der Waals surface area (Å²) in [6.07, 6.45) is 18.9. The lowest BCUT2D eigenvalue weighted by molar-refractivity contribution is -0.332. The van der Waals surface area contributed by atoms with Crippen molar-refractivity contribution in [1.82, 2.24) is 0 Å². The highest BCUT2D eigenvalue weighted by Gasteiger charge is 2.47. The van der Waals surface area contributed by atoms with E-state index in [2.05, 4.69) is 13.8 Å². The molecule has 7 N–H and O–H groups in total. The van der Waals surface area contributed by atoms with Gasteiger partial charge in [-0.2, -0.15) is 0 Å². The average molecular weight is 935 g/mol. The smallest absolute Gasteiger partial charge is 0.306 e. The molecule has 15 nitrogen and oxygen atoms in total. The second kappa shape index (κ2) is 38.4. The maximum Gasteiger partial charge on any atom is 0.306 e. The molecule has 2 fully saturated rings. The number of hydrogen-bond donors (Lipinski definition) is 7. The van der Waals surface area contributed by atoms with Crippen LogP contribution >= 0.6 is 0 Å². The summed E-state index contributed by atoms with van der Waals surface area (Å²) >= 11 is 0. The first kappa shape index (κ1) is 59.6. The second-order valence-corrected chi connectivity index (χ2v) is 18.7. The summed E-state index contributed by atoms with van der Waals surface area (Å²) in [7, 11) is 0. The number of ether oxygens (including phenoxy) is 6. The molecule has 0 aliphatic carbocycles. The van der Waals surface area contributed by atoms with E-state index in [1.807, 2.05) is 0 Å². The van der Waals surface area contributed by atoms with Gasteiger partial charge in [-0.1, -0.05) is 187 Å². The Balaban J connectivity index is 1.69. The van der Waals surface area contributed by atoms with Crippen molar-refractivity contribution < 1.29 is 73.8 Å². The molecule has 0 spiro atoms. The van der Waals surface area contributed by atoms with Crippen molar-refractivity contribution >= 4 is 11.9 Å². The minimum absolute atomic E-state index is 0.169. The van der Waals surface area contributed by atoms with Crippen LogP contribution in [-0.4, -0.2) is 142 Å². The molecular formula is C50H94O15. The lowest BCUT2D eigenvalue weighted by Gasteiger charge is -2.42. The number of unbranched alkanes of at least 4 members (excludes halogenated alkanes) is 27. The summed E-state index contributed by atoms with van der Waals surface area (Å²) in [5, 5.41) is 71.9. The average Bonchev–Trinajstić information content (AvgIpc) is 3.30. The monoisotopic (exact) mass is 935 g/mol. The van der Waals surface area contributed by atoms with Gasteiger partial charge in [0.15, 0.2) is 18.7 Å². The number of rotatable bonds is 41. The van der Waals surface area contributed by atoms with Gasteiger partial charge in [0.25, 0.3) is 0 Å². The van der Waals surface area contributed by atoms with Crippen LogP contribution in [0.1, 0.15) is 213 Å². The van der Waals surface area contributed by atoms with Gasteiger partial charge in [-0.3, -0.25) is 9.59 Å². The second-order valence-electron chi connectivity index (χ2n) is 18.7. The molecule has 4 unspecified atom stereocenters. The molecule has 384 valence electrons. The summed E-state index contributed by atoms with van der Waals surface area (Å²) < 4.78 is 33.5. The van der Waals surface area contributed by atoms with Crippen molar-refractivity contribution in [3.63, 3.8) is 0 Å². The molecule has 0 aromatic heterocycles. The van der Waals surface area contributed by atoms with Gasteiger partial charge in [0.2, 0.25) is 0 Å². The van der Waals surface area contributed by atoms with E-state index in [4.69, 9.17) is 28.4 Å². The summed E-state index contributed by atoms with van der Waals surface area (Å²) in [5.74, 6) is -0.918. The number of esters is 2.